The van der Waals surface area contributed by atoms with Crippen LogP contribution in [-0.4, -0.2) is 57.0 Å². The minimum absolute atomic E-state index is 0.185. The van der Waals surface area contributed by atoms with Crippen LogP contribution in [0, 0.1) is 11.3 Å². The topological polar surface area (TPSA) is 24.5 Å². The highest BCUT2D eigenvalue weighted by Crippen LogP contribution is 2.30. The Morgan fingerprint density at radius 1 is 1.33 bits per heavy atom. The standard InChI is InChI=1S/C15H29F3N2O/c1-4-6-20(11-15(16,17)18)10-14(5-7-21-12-14)9-19-8-13(2)3/h13,19H,4-12H2,1-3H3. The highest BCUT2D eigenvalue weighted by molar-refractivity contribution is 4.89. The van der Waals surface area contributed by atoms with Gasteiger partial charge in [-0.25, -0.2) is 0 Å². The van der Waals surface area contributed by atoms with Gasteiger partial charge < -0.3 is 10.1 Å². The molecule has 0 aromatic carbocycles. The monoisotopic (exact) mass is 310 g/mol. The van der Waals surface area contributed by atoms with Crippen LogP contribution in [0.3, 0.4) is 0 Å². The molecule has 21 heavy (non-hydrogen) atoms. The van der Waals surface area contributed by atoms with E-state index < -0.39 is 12.7 Å². The van der Waals surface area contributed by atoms with Gasteiger partial charge in [-0.15, -0.1) is 0 Å². The molecule has 1 aliphatic rings. The van der Waals surface area contributed by atoms with Gasteiger partial charge >= 0.3 is 6.18 Å². The summed E-state index contributed by atoms with van der Waals surface area (Å²) in [5, 5.41) is 3.39. The van der Waals surface area contributed by atoms with Gasteiger partial charge in [-0.1, -0.05) is 20.8 Å². The third kappa shape index (κ3) is 7.47. The summed E-state index contributed by atoms with van der Waals surface area (Å²) >= 11 is 0. The van der Waals surface area contributed by atoms with Crippen LogP contribution in [0.2, 0.25) is 0 Å². The van der Waals surface area contributed by atoms with Gasteiger partial charge in [0.1, 0.15) is 0 Å². The van der Waals surface area contributed by atoms with Crippen molar-refractivity contribution in [1.29, 1.82) is 0 Å². The summed E-state index contributed by atoms with van der Waals surface area (Å²) < 4.78 is 43.6. The minimum Gasteiger partial charge on any atom is -0.381 e. The molecule has 1 saturated heterocycles. The second-order valence-corrected chi connectivity index (χ2v) is 6.65. The number of hydrogen-bond acceptors (Lipinski definition) is 3. The summed E-state index contributed by atoms with van der Waals surface area (Å²) in [7, 11) is 0. The summed E-state index contributed by atoms with van der Waals surface area (Å²) in [5.74, 6) is 0.534. The molecule has 1 N–H and O–H groups in total. The van der Waals surface area contributed by atoms with Gasteiger partial charge in [0, 0.05) is 25.1 Å². The fourth-order valence-electron chi connectivity index (χ4n) is 2.85. The normalized spacial score (nSPS) is 23.4. The molecule has 6 heteroatoms. The molecule has 126 valence electrons. The lowest BCUT2D eigenvalue weighted by atomic mass is 9.86. The fraction of sp³-hybridized carbons (Fsp3) is 1.00. The Kier molecular flexibility index (Phi) is 7.44. The van der Waals surface area contributed by atoms with Crippen molar-refractivity contribution in [3.8, 4) is 0 Å². The van der Waals surface area contributed by atoms with E-state index in [0.717, 1.165) is 25.9 Å². The SMILES string of the molecule is CCCN(CC(F)(F)F)CC1(CNCC(C)C)CCOC1. The van der Waals surface area contributed by atoms with E-state index in [-0.39, 0.29) is 5.41 Å². The Balaban J connectivity index is 2.60. The van der Waals surface area contributed by atoms with Gasteiger partial charge in [0.05, 0.1) is 13.2 Å². The van der Waals surface area contributed by atoms with Crippen molar-refractivity contribution in [3.63, 3.8) is 0 Å². The first-order valence-corrected chi connectivity index (χ1v) is 7.84. The van der Waals surface area contributed by atoms with Crippen LogP contribution in [0.5, 0.6) is 0 Å². The number of alkyl halides is 3. The van der Waals surface area contributed by atoms with Crippen molar-refractivity contribution >= 4 is 0 Å². The molecule has 1 atom stereocenters. The van der Waals surface area contributed by atoms with Gasteiger partial charge in [0.15, 0.2) is 0 Å². The Hall–Kier alpha value is -0.330. The number of nitrogens with one attached hydrogen (secondary N) is 1. The van der Waals surface area contributed by atoms with Crippen molar-refractivity contribution in [2.75, 3.05) is 45.9 Å². The maximum Gasteiger partial charge on any atom is 0.401 e. The van der Waals surface area contributed by atoms with Crippen LogP contribution >= 0.6 is 0 Å². The molecule has 0 saturated carbocycles. The first-order chi connectivity index (χ1) is 9.76. The summed E-state index contributed by atoms with van der Waals surface area (Å²) in [4.78, 5) is 1.53. The summed E-state index contributed by atoms with van der Waals surface area (Å²) in [6.45, 7) is 9.07. The smallest absolute Gasteiger partial charge is 0.381 e. The Morgan fingerprint density at radius 2 is 2.05 bits per heavy atom. The molecule has 0 aromatic heterocycles. The summed E-state index contributed by atoms with van der Waals surface area (Å²) in [6.07, 6.45) is -2.58. The number of nitrogens with zero attached hydrogens (tertiary/aromatic N) is 1. The molecule has 0 aliphatic carbocycles. The summed E-state index contributed by atoms with van der Waals surface area (Å²) in [5.41, 5.74) is -0.185. The van der Waals surface area contributed by atoms with E-state index in [2.05, 4.69) is 19.2 Å². The lowest BCUT2D eigenvalue weighted by Crippen LogP contribution is -2.48. The van der Waals surface area contributed by atoms with Crippen molar-refractivity contribution in [2.24, 2.45) is 11.3 Å². The van der Waals surface area contributed by atoms with Crippen LogP contribution in [0.15, 0.2) is 0 Å². The van der Waals surface area contributed by atoms with Crippen molar-refractivity contribution in [1.82, 2.24) is 10.2 Å². The summed E-state index contributed by atoms with van der Waals surface area (Å²) in [6, 6.07) is 0. The molecule has 1 heterocycles. The molecule has 1 aliphatic heterocycles. The molecular weight excluding hydrogens is 281 g/mol. The number of halogens is 3. The number of rotatable bonds is 9. The second-order valence-electron chi connectivity index (χ2n) is 6.65. The van der Waals surface area contributed by atoms with Crippen molar-refractivity contribution < 1.29 is 17.9 Å². The van der Waals surface area contributed by atoms with Crippen molar-refractivity contribution in [2.45, 2.75) is 39.8 Å². The maximum absolute atomic E-state index is 12.7. The average Bonchev–Trinajstić information content (AvgIpc) is 2.75. The molecule has 0 spiro atoms. The van der Waals surface area contributed by atoms with Gasteiger partial charge in [-0.2, -0.15) is 13.2 Å². The molecule has 0 radical (unpaired) electrons. The Morgan fingerprint density at radius 3 is 2.52 bits per heavy atom. The first kappa shape index (κ1) is 18.7. The molecular formula is C15H29F3N2O. The van der Waals surface area contributed by atoms with Crippen LogP contribution in [0.1, 0.15) is 33.6 Å². The third-order valence-electron chi connectivity index (χ3n) is 3.74. The second kappa shape index (κ2) is 8.34. The maximum atomic E-state index is 12.7. The Labute approximate surface area is 126 Å². The predicted octanol–water partition coefficient (Wildman–Crippen LogP) is 2.91. The van der Waals surface area contributed by atoms with E-state index in [1.54, 1.807) is 0 Å². The quantitative estimate of drug-likeness (QED) is 0.709. The van der Waals surface area contributed by atoms with E-state index in [0.29, 0.717) is 32.2 Å². The van der Waals surface area contributed by atoms with Crippen LogP contribution in [0.4, 0.5) is 13.2 Å². The van der Waals surface area contributed by atoms with E-state index in [1.165, 1.54) is 4.90 Å². The zero-order valence-electron chi connectivity index (χ0n) is 13.4. The van der Waals surface area contributed by atoms with Crippen LogP contribution in [0.25, 0.3) is 0 Å². The zero-order valence-corrected chi connectivity index (χ0v) is 13.4. The molecule has 1 unspecified atom stereocenters. The Bertz CT molecular complexity index is 289. The number of ether oxygens (including phenoxy) is 1. The van der Waals surface area contributed by atoms with Gasteiger partial charge in [0.25, 0.3) is 0 Å². The lowest BCUT2D eigenvalue weighted by Gasteiger charge is -2.35. The van der Waals surface area contributed by atoms with E-state index in [9.17, 15) is 13.2 Å². The largest absolute Gasteiger partial charge is 0.401 e. The van der Waals surface area contributed by atoms with Gasteiger partial charge in [-0.05, 0) is 31.8 Å². The van der Waals surface area contributed by atoms with E-state index in [1.807, 2.05) is 6.92 Å². The van der Waals surface area contributed by atoms with Gasteiger partial charge in [0.2, 0.25) is 0 Å². The molecule has 3 nitrogen and oxygen atoms in total. The predicted molar refractivity (Wildman–Crippen MR) is 78.4 cm³/mol. The molecule has 1 fully saturated rings. The average molecular weight is 310 g/mol. The highest BCUT2D eigenvalue weighted by atomic mass is 19.4. The van der Waals surface area contributed by atoms with Crippen molar-refractivity contribution in [3.05, 3.63) is 0 Å². The molecule has 0 amide bonds. The molecule has 0 bridgehead atoms. The first-order valence-electron chi connectivity index (χ1n) is 7.84. The zero-order chi connectivity index (χ0) is 15.9. The minimum atomic E-state index is -4.14. The molecule has 1 rings (SSSR count). The van der Waals surface area contributed by atoms with Gasteiger partial charge in [-0.3, -0.25) is 4.90 Å². The highest BCUT2D eigenvalue weighted by Gasteiger charge is 2.39. The molecule has 0 aromatic rings. The van der Waals surface area contributed by atoms with Crippen LogP contribution in [-0.2, 0) is 4.74 Å². The fourth-order valence-corrected chi connectivity index (χ4v) is 2.85. The third-order valence-corrected chi connectivity index (χ3v) is 3.74. The van der Waals surface area contributed by atoms with E-state index in [4.69, 9.17) is 4.74 Å². The lowest BCUT2D eigenvalue weighted by molar-refractivity contribution is -0.149. The van der Waals surface area contributed by atoms with Crippen LogP contribution < -0.4 is 5.32 Å². The number of hydrogen-bond donors (Lipinski definition) is 1. The van der Waals surface area contributed by atoms with E-state index >= 15 is 0 Å².